The zero-order valence-electron chi connectivity index (χ0n) is 42.3. The third kappa shape index (κ3) is 50.1. The molecule has 0 bridgehead atoms. The van der Waals surface area contributed by atoms with E-state index in [1.807, 2.05) is 0 Å². The Hall–Kier alpha value is -2.89. The van der Waals surface area contributed by atoms with Crippen molar-refractivity contribution in [3.63, 3.8) is 0 Å². The summed E-state index contributed by atoms with van der Waals surface area (Å²) in [7, 11) is 0. The van der Waals surface area contributed by atoms with Gasteiger partial charge in [-0.3, -0.25) is 14.4 Å². The number of carbonyl (C=O) groups excluding carboxylic acids is 3. The molecule has 0 aromatic carbocycles. The van der Waals surface area contributed by atoms with Crippen LogP contribution in [0.25, 0.3) is 0 Å². The van der Waals surface area contributed by atoms with Gasteiger partial charge in [0.15, 0.2) is 6.10 Å². The average molecular weight is 895 g/mol. The lowest BCUT2D eigenvalue weighted by molar-refractivity contribution is -0.167. The summed E-state index contributed by atoms with van der Waals surface area (Å²) in [5, 5.41) is 0. The van der Waals surface area contributed by atoms with Crippen molar-refractivity contribution in [3.8, 4) is 0 Å². The molecule has 0 spiro atoms. The Morgan fingerprint density at radius 2 is 0.609 bits per heavy atom. The van der Waals surface area contributed by atoms with Crippen molar-refractivity contribution in [2.45, 2.75) is 277 Å². The van der Waals surface area contributed by atoms with Gasteiger partial charge in [-0.15, -0.1) is 0 Å². The lowest BCUT2D eigenvalue weighted by Gasteiger charge is -2.18. The minimum Gasteiger partial charge on any atom is -0.462 e. The Kier molecular flexibility index (Phi) is 50.4. The van der Waals surface area contributed by atoms with Gasteiger partial charge in [0.1, 0.15) is 13.2 Å². The maximum absolute atomic E-state index is 12.8. The molecule has 0 radical (unpaired) electrons. The summed E-state index contributed by atoms with van der Waals surface area (Å²) in [6, 6.07) is 0. The van der Waals surface area contributed by atoms with Crippen LogP contribution in [0.1, 0.15) is 271 Å². The molecule has 1 atom stereocenters. The zero-order chi connectivity index (χ0) is 46.5. The molecule has 0 rings (SSSR count). The number of allylic oxidation sites excluding steroid dienone is 10. The number of carbonyl (C=O) groups is 3. The van der Waals surface area contributed by atoms with Crippen LogP contribution in [0.2, 0.25) is 0 Å². The summed E-state index contributed by atoms with van der Waals surface area (Å²) >= 11 is 0. The van der Waals surface area contributed by atoms with Crippen LogP contribution in [-0.2, 0) is 28.6 Å². The largest absolute Gasteiger partial charge is 0.462 e. The molecule has 0 unspecified atom stereocenters. The Labute approximate surface area is 396 Å². The molecular formula is C58H102O6. The quantitative estimate of drug-likeness (QED) is 0.0262. The van der Waals surface area contributed by atoms with Gasteiger partial charge in [0, 0.05) is 19.3 Å². The van der Waals surface area contributed by atoms with Crippen molar-refractivity contribution < 1.29 is 28.6 Å². The van der Waals surface area contributed by atoms with Gasteiger partial charge in [-0.1, -0.05) is 248 Å². The third-order valence-corrected chi connectivity index (χ3v) is 11.8. The maximum Gasteiger partial charge on any atom is 0.306 e. The molecule has 370 valence electrons. The van der Waals surface area contributed by atoms with Gasteiger partial charge < -0.3 is 14.2 Å². The number of hydrogen-bond donors (Lipinski definition) is 0. The molecule has 0 N–H and O–H groups in total. The van der Waals surface area contributed by atoms with Crippen molar-refractivity contribution in [2.24, 2.45) is 0 Å². The topological polar surface area (TPSA) is 78.9 Å². The number of unbranched alkanes of at least 4 members (excludes halogenated alkanes) is 28. The molecule has 0 amide bonds. The normalized spacial score (nSPS) is 12.5. The molecule has 0 aliphatic rings. The highest BCUT2D eigenvalue weighted by Gasteiger charge is 2.19. The van der Waals surface area contributed by atoms with E-state index in [1.165, 1.54) is 135 Å². The fourth-order valence-electron chi connectivity index (χ4n) is 7.70. The second-order valence-corrected chi connectivity index (χ2v) is 18.1. The molecule has 0 fully saturated rings. The summed E-state index contributed by atoms with van der Waals surface area (Å²) in [4.78, 5) is 38.0. The first-order valence-electron chi connectivity index (χ1n) is 27.3. The van der Waals surface area contributed by atoms with E-state index in [4.69, 9.17) is 14.2 Å². The Balaban J connectivity index is 4.39. The van der Waals surface area contributed by atoms with Crippen LogP contribution in [0, 0.1) is 0 Å². The Morgan fingerprint density at radius 1 is 0.328 bits per heavy atom. The first-order valence-corrected chi connectivity index (χ1v) is 27.3. The Morgan fingerprint density at radius 3 is 0.953 bits per heavy atom. The van der Waals surface area contributed by atoms with Gasteiger partial charge in [-0.05, 0) is 64.2 Å². The van der Waals surface area contributed by atoms with Gasteiger partial charge in [0.2, 0.25) is 0 Å². The molecule has 0 aromatic heterocycles. The first kappa shape index (κ1) is 61.1. The number of ether oxygens (including phenoxy) is 3. The summed E-state index contributed by atoms with van der Waals surface area (Å²) in [6.07, 6.45) is 64.9. The van der Waals surface area contributed by atoms with Gasteiger partial charge in [-0.25, -0.2) is 0 Å². The second kappa shape index (κ2) is 52.7. The predicted octanol–water partition coefficient (Wildman–Crippen LogP) is 18.0. The zero-order valence-corrected chi connectivity index (χ0v) is 42.3. The van der Waals surface area contributed by atoms with E-state index in [0.29, 0.717) is 19.3 Å². The Bertz CT molecular complexity index is 1170. The third-order valence-electron chi connectivity index (χ3n) is 11.8. The van der Waals surface area contributed by atoms with Crippen molar-refractivity contribution in [2.75, 3.05) is 13.2 Å². The van der Waals surface area contributed by atoms with E-state index >= 15 is 0 Å². The van der Waals surface area contributed by atoms with Crippen molar-refractivity contribution in [1.29, 1.82) is 0 Å². The smallest absolute Gasteiger partial charge is 0.306 e. The molecule has 6 nitrogen and oxygen atoms in total. The van der Waals surface area contributed by atoms with Gasteiger partial charge in [0.25, 0.3) is 0 Å². The van der Waals surface area contributed by atoms with Crippen LogP contribution >= 0.6 is 0 Å². The van der Waals surface area contributed by atoms with Crippen LogP contribution in [-0.4, -0.2) is 37.2 Å². The monoisotopic (exact) mass is 895 g/mol. The maximum atomic E-state index is 12.8. The van der Waals surface area contributed by atoms with E-state index < -0.39 is 6.10 Å². The number of hydrogen-bond acceptors (Lipinski definition) is 6. The lowest BCUT2D eigenvalue weighted by Crippen LogP contribution is -2.30. The van der Waals surface area contributed by atoms with E-state index in [-0.39, 0.29) is 31.1 Å². The molecule has 6 heteroatoms. The summed E-state index contributed by atoms with van der Waals surface area (Å²) in [5.74, 6) is -0.905. The highest BCUT2D eigenvalue weighted by atomic mass is 16.6. The predicted molar refractivity (Wildman–Crippen MR) is 275 cm³/mol. The molecule has 0 aliphatic carbocycles. The summed E-state index contributed by atoms with van der Waals surface area (Å²) in [6.45, 7) is 6.51. The van der Waals surface area contributed by atoms with Gasteiger partial charge in [0.05, 0.1) is 0 Å². The highest BCUT2D eigenvalue weighted by Crippen LogP contribution is 2.16. The SMILES string of the molecule is CC/C=C\C/C=C\C/C=C\C/C=C\C/C=C\CCCCCC(=O)OC[C@@H](COC(=O)CCCCCCCCCCCCC)OC(=O)CCCCCCCCCCCCCCCCCC. The first-order chi connectivity index (χ1) is 31.5. The molecule has 0 aliphatic heterocycles. The van der Waals surface area contributed by atoms with E-state index in [1.54, 1.807) is 0 Å². The molecule has 0 heterocycles. The number of esters is 3. The summed E-state index contributed by atoms with van der Waals surface area (Å²) in [5.41, 5.74) is 0. The lowest BCUT2D eigenvalue weighted by atomic mass is 10.0. The molecule has 0 saturated heterocycles. The average Bonchev–Trinajstić information content (AvgIpc) is 3.29. The van der Waals surface area contributed by atoms with Crippen LogP contribution in [0.15, 0.2) is 60.8 Å². The van der Waals surface area contributed by atoms with Crippen LogP contribution in [0.3, 0.4) is 0 Å². The van der Waals surface area contributed by atoms with Crippen LogP contribution in [0.4, 0.5) is 0 Å². The minimum atomic E-state index is -0.783. The van der Waals surface area contributed by atoms with Crippen LogP contribution in [0.5, 0.6) is 0 Å². The molecular weight excluding hydrogens is 793 g/mol. The number of rotatable bonds is 49. The molecule has 0 saturated carbocycles. The van der Waals surface area contributed by atoms with E-state index in [2.05, 4.69) is 81.5 Å². The van der Waals surface area contributed by atoms with Crippen molar-refractivity contribution >= 4 is 17.9 Å². The minimum absolute atomic E-state index is 0.0813. The summed E-state index contributed by atoms with van der Waals surface area (Å²) < 4.78 is 16.8. The highest BCUT2D eigenvalue weighted by molar-refractivity contribution is 5.71. The standard InChI is InChI=1S/C58H102O6/c1-4-7-10-13-16-19-22-24-26-28-29-30-32-33-36-39-42-45-48-51-57(60)63-54-55(53-62-56(59)50-47-44-41-38-35-21-18-15-12-9-6-3)64-58(61)52-49-46-43-40-37-34-31-27-25-23-20-17-14-11-8-5-2/h7,10,16,19,24,26,29-30,33,36,55H,4-6,8-9,11-15,17-18,20-23,25,27-28,31-32,34-35,37-54H2,1-3H3/b10-7-,19-16-,26-24-,30-29-,36-33-/t55-/m1/s1. The fourth-order valence-corrected chi connectivity index (χ4v) is 7.70. The van der Waals surface area contributed by atoms with Crippen molar-refractivity contribution in [1.82, 2.24) is 0 Å². The van der Waals surface area contributed by atoms with Gasteiger partial charge in [-0.2, -0.15) is 0 Å². The van der Waals surface area contributed by atoms with E-state index in [0.717, 1.165) is 96.3 Å². The molecule has 0 aromatic rings. The van der Waals surface area contributed by atoms with E-state index in [9.17, 15) is 14.4 Å². The van der Waals surface area contributed by atoms with Crippen molar-refractivity contribution in [3.05, 3.63) is 60.8 Å². The fraction of sp³-hybridized carbons (Fsp3) is 0.776. The second-order valence-electron chi connectivity index (χ2n) is 18.1. The molecule has 64 heavy (non-hydrogen) atoms. The van der Waals surface area contributed by atoms with Crippen LogP contribution < -0.4 is 0 Å². The van der Waals surface area contributed by atoms with Gasteiger partial charge >= 0.3 is 17.9 Å².